The number of morpholine rings is 1. The van der Waals surface area contributed by atoms with Crippen LogP contribution in [0.25, 0.3) is 0 Å². The van der Waals surface area contributed by atoms with E-state index < -0.39 is 0 Å². The molecule has 134 valence electrons. The summed E-state index contributed by atoms with van der Waals surface area (Å²) in [5.41, 5.74) is 0.147. The van der Waals surface area contributed by atoms with Crippen LogP contribution in [-0.2, 0) is 30.1 Å². The Morgan fingerprint density at radius 3 is 2.83 bits per heavy atom. The van der Waals surface area contributed by atoms with E-state index in [0.29, 0.717) is 31.2 Å². The molecule has 0 bridgehead atoms. The van der Waals surface area contributed by atoms with Crippen LogP contribution in [0.4, 0.5) is 0 Å². The highest BCUT2D eigenvalue weighted by Crippen LogP contribution is 2.34. The molecule has 1 saturated carbocycles. The van der Waals surface area contributed by atoms with Crippen molar-refractivity contribution in [2.45, 2.75) is 38.0 Å². The summed E-state index contributed by atoms with van der Waals surface area (Å²) in [4.78, 5) is 26.6. The quantitative estimate of drug-likeness (QED) is 0.780. The fraction of sp³-hybridized carbons (Fsp3) is 0.765. The van der Waals surface area contributed by atoms with Crippen LogP contribution in [0.2, 0.25) is 0 Å². The molecule has 1 saturated heterocycles. The van der Waals surface area contributed by atoms with Crippen molar-refractivity contribution in [2.24, 2.45) is 20.0 Å². The second-order valence-corrected chi connectivity index (χ2v) is 6.89. The van der Waals surface area contributed by atoms with Gasteiger partial charge in [-0.3, -0.25) is 14.3 Å². The molecule has 2 aliphatic rings. The molecule has 0 aromatic carbocycles. The van der Waals surface area contributed by atoms with Gasteiger partial charge in [0.2, 0.25) is 0 Å². The molecule has 24 heavy (non-hydrogen) atoms. The summed E-state index contributed by atoms with van der Waals surface area (Å²) < 4.78 is 14.0. The lowest BCUT2D eigenvalue weighted by Crippen LogP contribution is -2.52. The number of nitrogens with zero attached hydrogens (tertiary/aromatic N) is 3. The molecule has 1 aliphatic heterocycles. The van der Waals surface area contributed by atoms with Gasteiger partial charge in [0.15, 0.2) is 0 Å². The summed E-state index contributed by atoms with van der Waals surface area (Å²) in [5, 5.41) is 0. The third kappa shape index (κ3) is 3.20. The Labute approximate surface area is 141 Å². The van der Waals surface area contributed by atoms with E-state index >= 15 is 0 Å². The normalized spacial score (nSPS) is 28.4. The molecule has 3 rings (SSSR count). The average molecular weight is 337 g/mol. The van der Waals surface area contributed by atoms with Gasteiger partial charge in [-0.2, -0.15) is 0 Å². The van der Waals surface area contributed by atoms with Gasteiger partial charge in [0.1, 0.15) is 0 Å². The number of aromatic nitrogens is 2. The van der Waals surface area contributed by atoms with Crippen molar-refractivity contribution in [1.29, 1.82) is 0 Å². The Hall–Kier alpha value is -1.44. The molecule has 3 atom stereocenters. The summed E-state index contributed by atoms with van der Waals surface area (Å²) in [6, 6.07) is 0.258. The van der Waals surface area contributed by atoms with Gasteiger partial charge in [-0.05, 0) is 12.8 Å². The molecule has 0 spiro atoms. The topological polar surface area (TPSA) is 65.7 Å². The Kier molecular flexibility index (Phi) is 5.22. The largest absolute Gasteiger partial charge is 0.381 e. The third-order valence-corrected chi connectivity index (χ3v) is 5.47. The number of aryl methyl sites for hydroxylation is 1. The number of methoxy groups -OCH3 is 1. The molecule has 7 heteroatoms. The first-order valence-electron chi connectivity index (χ1n) is 8.63. The minimum atomic E-state index is -0.294. The zero-order valence-corrected chi connectivity index (χ0v) is 14.7. The van der Waals surface area contributed by atoms with Gasteiger partial charge in [-0.1, -0.05) is 6.42 Å². The van der Waals surface area contributed by atoms with E-state index in [2.05, 4.69) is 4.90 Å². The summed E-state index contributed by atoms with van der Waals surface area (Å²) in [7, 11) is 4.99. The first kappa shape index (κ1) is 17.4. The van der Waals surface area contributed by atoms with Crippen molar-refractivity contribution in [1.82, 2.24) is 14.0 Å². The maximum absolute atomic E-state index is 12.4. The van der Waals surface area contributed by atoms with E-state index in [9.17, 15) is 9.59 Å². The lowest BCUT2D eigenvalue weighted by Gasteiger charge is -2.40. The van der Waals surface area contributed by atoms with Gasteiger partial charge in [-0.25, -0.2) is 4.79 Å². The van der Waals surface area contributed by atoms with Gasteiger partial charge in [0, 0.05) is 58.0 Å². The van der Waals surface area contributed by atoms with Gasteiger partial charge in [-0.15, -0.1) is 0 Å². The number of ether oxygens (including phenoxy) is 2. The van der Waals surface area contributed by atoms with Gasteiger partial charge >= 0.3 is 5.69 Å². The minimum absolute atomic E-state index is 0.210. The smallest absolute Gasteiger partial charge is 0.330 e. The van der Waals surface area contributed by atoms with Gasteiger partial charge in [0.05, 0.1) is 19.3 Å². The number of hydrogen-bond acceptors (Lipinski definition) is 5. The second-order valence-electron chi connectivity index (χ2n) is 6.89. The van der Waals surface area contributed by atoms with Crippen molar-refractivity contribution in [3.05, 3.63) is 32.6 Å². The molecule has 1 aromatic rings. The van der Waals surface area contributed by atoms with Crippen LogP contribution in [0.1, 0.15) is 24.8 Å². The summed E-state index contributed by atoms with van der Waals surface area (Å²) in [6.45, 7) is 2.69. The zero-order chi connectivity index (χ0) is 17.3. The summed E-state index contributed by atoms with van der Waals surface area (Å²) in [5.74, 6) is 0.437. The fourth-order valence-corrected chi connectivity index (χ4v) is 4.15. The molecular weight excluding hydrogens is 310 g/mol. The van der Waals surface area contributed by atoms with Crippen molar-refractivity contribution < 1.29 is 9.47 Å². The lowest BCUT2D eigenvalue weighted by atomic mass is 9.94. The molecule has 1 aromatic heterocycles. The molecule has 0 N–H and O–H groups in total. The maximum atomic E-state index is 12.4. The fourth-order valence-electron chi connectivity index (χ4n) is 4.15. The monoisotopic (exact) mass is 337 g/mol. The predicted molar refractivity (Wildman–Crippen MR) is 90.1 cm³/mol. The Morgan fingerprint density at radius 2 is 2.08 bits per heavy atom. The summed E-state index contributed by atoms with van der Waals surface area (Å²) in [6.07, 6.45) is 5.33. The van der Waals surface area contributed by atoms with Crippen molar-refractivity contribution in [2.75, 3.05) is 26.9 Å². The van der Waals surface area contributed by atoms with E-state index in [0.717, 1.165) is 19.4 Å². The Balaban J connectivity index is 1.85. The predicted octanol–water partition coefficient (Wildman–Crippen LogP) is 0.0999. The Morgan fingerprint density at radius 1 is 1.29 bits per heavy atom. The van der Waals surface area contributed by atoms with E-state index in [1.807, 2.05) is 0 Å². The van der Waals surface area contributed by atoms with E-state index in [4.69, 9.17) is 9.47 Å². The van der Waals surface area contributed by atoms with Crippen LogP contribution < -0.4 is 11.2 Å². The van der Waals surface area contributed by atoms with Crippen LogP contribution in [0.15, 0.2) is 15.8 Å². The maximum Gasteiger partial charge on any atom is 0.330 e. The first-order valence-corrected chi connectivity index (χ1v) is 8.63. The molecular formula is C17H27N3O4. The molecule has 2 fully saturated rings. The first-order chi connectivity index (χ1) is 11.5. The Bertz CT molecular complexity index is 696. The molecule has 2 heterocycles. The van der Waals surface area contributed by atoms with Gasteiger partial charge in [0.25, 0.3) is 5.56 Å². The molecule has 1 aliphatic carbocycles. The van der Waals surface area contributed by atoms with Crippen LogP contribution in [-0.4, -0.2) is 53.0 Å². The van der Waals surface area contributed by atoms with Crippen molar-refractivity contribution in [3.8, 4) is 0 Å². The number of hydrogen-bond donors (Lipinski definition) is 0. The third-order valence-electron chi connectivity index (χ3n) is 5.47. The highest BCUT2D eigenvalue weighted by atomic mass is 16.5. The lowest BCUT2D eigenvalue weighted by molar-refractivity contribution is -0.0610. The molecule has 7 nitrogen and oxygen atoms in total. The standard InChI is InChI=1S/C17H27N3O4/c1-18-9-12(16(21)19(2)17(18)22)10-20-7-8-24-11-14(20)13-5-4-6-15(13)23-3/h9,13-15H,4-8,10-11H2,1-3H3/t13-,14+,15+/m0/s1. The molecule has 0 amide bonds. The van der Waals surface area contributed by atoms with Crippen molar-refractivity contribution >= 4 is 0 Å². The van der Waals surface area contributed by atoms with E-state index in [1.54, 1.807) is 20.4 Å². The number of rotatable bonds is 4. The van der Waals surface area contributed by atoms with Crippen LogP contribution in [0, 0.1) is 5.92 Å². The summed E-state index contributed by atoms with van der Waals surface area (Å²) >= 11 is 0. The van der Waals surface area contributed by atoms with Crippen LogP contribution in [0.5, 0.6) is 0 Å². The highest BCUT2D eigenvalue weighted by Gasteiger charge is 2.38. The second kappa shape index (κ2) is 7.21. The van der Waals surface area contributed by atoms with E-state index in [-0.39, 0.29) is 23.4 Å². The van der Waals surface area contributed by atoms with E-state index in [1.165, 1.54) is 22.6 Å². The highest BCUT2D eigenvalue weighted by molar-refractivity contribution is 5.06. The van der Waals surface area contributed by atoms with Crippen LogP contribution in [0.3, 0.4) is 0 Å². The van der Waals surface area contributed by atoms with Gasteiger partial charge < -0.3 is 14.0 Å². The average Bonchev–Trinajstić information content (AvgIpc) is 3.06. The molecule has 0 unspecified atom stereocenters. The molecule has 0 radical (unpaired) electrons. The van der Waals surface area contributed by atoms with Crippen LogP contribution >= 0.6 is 0 Å². The minimum Gasteiger partial charge on any atom is -0.381 e. The van der Waals surface area contributed by atoms with Crippen molar-refractivity contribution in [3.63, 3.8) is 0 Å². The SMILES string of the molecule is CO[C@@H]1CCC[C@H]1[C@H]1COCCN1Cc1cn(C)c(=O)n(C)c1=O. The zero-order valence-electron chi connectivity index (χ0n) is 14.7.